The summed E-state index contributed by atoms with van der Waals surface area (Å²) in [6, 6.07) is 17.5. The third kappa shape index (κ3) is 7.05. The molecule has 0 aliphatic carbocycles. The highest BCUT2D eigenvalue weighted by atomic mass is 35.5. The number of hydrogen-bond donors (Lipinski definition) is 1. The Kier molecular flexibility index (Phi) is 9.86. The van der Waals surface area contributed by atoms with Gasteiger partial charge in [0.1, 0.15) is 12.4 Å². The maximum atomic E-state index is 13.8. The summed E-state index contributed by atoms with van der Waals surface area (Å²) in [5, 5.41) is 2.48. The molecule has 0 heterocycles. The Bertz CT molecular complexity index is 1290. The van der Waals surface area contributed by atoms with Crippen LogP contribution in [0.15, 0.2) is 71.6 Å². The summed E-state index contributed by atoms with van der Waals surface area (Å²) in [5.41, 5.74) is 1.22. The van der Waals surface area contributed by atoms with E-state index < -0.39 is 28.3 Å². The average molecular weight is 553 g/mol. The number of sulfonamides is 1. The summed E-state index contributed by atoms with van der Waals surface area (Å²) < 4.78 is 52.2. The molecule has 0 spiro atoms. The van der Waals surface area contributed by atoms with Crippen molar-refractivity contribution in [1.29, 1.82) is 0 Å². The highest BCUT2D eigenvalue weighted by Gasteiger charge is 2.29. The lowest BCUT2D eigenvalue weighted by Crippen LogP contribution is -2.41. The third-order valence-corrected chi connectivity index (χ3v) is 8.19. The summed E-state index contributed by atoms with van der Waals surface area (Å²) in [7, 11) is -1.44. The first-order chi connectivity index (χ1) is 17.3. The van der Waals surface area contributed by atoms with E-state index in [0.717, 1.165) is 22.2 Å². The van der Waals surface area contributed by atoms with E-state index in [4.69, 9.17) is 21.1 Å². The fourth-order valence-corrected chi connectivity index (χ4v) is 5.70. The molecular formula is C25H26ClFN2O5S2. The number of carbonyl (C=O) groups excluding carboxylic acids is 1. The predicted octanol–water partition coefficient (Wildman–Crippen LogP) is 4.74. The number of methoxy groups -OCH3 is 2. The van der Waals surface area contributed by atoms with Crippen LogP contribution in [0.3, 0.4) is 0 Å². The minimum Gasteiger partial charge on any atom is -0.493 e. The SMILES string of the molecule is COc1ccc(S(=O)(=O)N(CC(=O)NCCSCc2ccccc2)c2ccc(F)c(Cl)c2)cc1OC. The normalized spacial score (nSPS) is 11.1. The second-order valence-corrected chi connectivity index (χ2v) is 10.9. The number of ether oxygens (including phenoxy) is 2. The van der Waals surface area contributed by atoms with Crippen LogP contribution < -0.4 is 19.1 Å². The Hall–Kier alpha value is -2.95. The number of nitrogens with one attached hydrogen (secondary N) is 1. The van der Waals surface area contributed by atoms with Crippen LogP contribution in [0, 0.1) is 5.82 Å². The number of carbonyl (C=O) groups is 1. The van der Waals surface area contributed by atoms with Gasteiger partial charge in [-0.15, -0.1) is 0 Å². The molecule has 3 aromatic rings. The van der Waals surface area contributed by atoms with E-state index >= 15 is 0 Å². The molecule has 192 valence electrons. The molecule has 0 bridgehead atoms. The molecule has 7 nitrogen and oxygen atoms in total. The maximum Gasteiger partial charge on any atom is 0.264 e. The molecule has 0 radical (unpaired) electrons. The number of thioether (sulfide) groups is 1. The van der Waals surface area contributed by atoms with Gasteiger partial charge in [-0.05, 0) is 35.9 Å². The lowest BCUT2D eigenvalue weighted by molar-refractivity contribution is -0.119. The van der Waals surface area contributed by atoms with Gasteiger partial charge in [-0.25, -0.2) is 12.8 Å². The molecule has 1 N–H and O–H groups in total. The Morgan fingerprint density at radius 2 is 1.75 bits per heavy atom. The van der Waals surface area contributed by atoms with E-state index in [0.29, 0.717) is 18.0 Å². The quantitative estimate of drug-likeness (QED) is 0.327. The molecule has 0 saturated heterocycles. The summed E-state index contributed by atoms with van der Waals surface area (Å²) in [5.74, 6) is 0.772. The lowest BCUT2D eigenvalue weighted by atomic mass is 10.2. The smallest absolute Gasteiger partial charge is 0.264 e. The summed E-state index contributed by atoms with van der Waals surface area (Å²) >= 11 is 7.56. The first-order valence-corrected chi connectivity index (χ1v) is 13.8. The molecule has 36 heavy (non-hydrogen) atoms. The summed E-state index contributed by atoms with van der Waals surface area (Å²) in [6.45, 7) is -0.174. The van der Waals surface area contributed by atoms with Crippen LogP contribution in [0.2, 0.25) is 5.02 Å². The van der Waals surface area contributed by atoms with E-state index in [1.807, 2.05) is 30.3 Å². The number of benzene rings is 3. The van der Waals surface area contributed by atoms with Crippen molar-refractivity contribution in [2.75, 3.05) is 37.4 Å². The van der Waals surface area contributed by atoms with Gasteiger partial charge in [0.2, 0.25) is 5.91 Å². The van der Waals surface area contributed by atoms with Crippen molar-refractivity contribution in [3.63, 3.8) is 0 Å². The van der Waals surface area contributed by atoms with Crippen molar-refractivity contribution >= 4 is 45.0 Å². The molecule has 0 aromatic heterocycles. The molecule has 0 atom stereocenters. The number of nitrogens with zero attached hydrogens (tertiary/aromatic N) is 1. The number of halogens is 2. The second kappa shape index (κ2) is 12.8. The Labute approximate surface area is 219 Å². The zero-order valence-electron chi connectivity index (χ0n) is 19.7. The zero-order valence-corrected chi connectivity index (χ0v) is 22.1. The van der Waals surface area contributed by atoms with Crippen LogP contribution in [0.25, 0.3) is 0 Å². The van der Waals surface area contributed by atoms with E-state index in [1.54, 1.807) is 11.8 Å². The molecule has 0 aliphatic rings. The van der Waals surface area contributed by atoms with Crippen molar-refractivity contribution in [3.05, 3.63) is 83.1 Å². The van der Waals surface area contributed by atoms with E-state index in [-0.39, 0.29) is 21.4 Å². The van der Waals surface area contributed by atoms with Crippen molar-refractivity contribution in [1.82, 2.24) is 5.32 Å². The lowest BCUT2D eigenvalue weighted by Gasteiger charge is -2.24. The van der Waals surface area contributed by atoms with Gasteiger partial charge in [0, 0.05) is 24.1 Å². The molecule has 0 aliphatic heterocycles. The average Bonchev–Trinajstić information content (AvgIpc) is 2.88. The van der Waals surface area contributed by atoms with Gasteiger partial charge in [0.15, 0.2) is 11.5 Å². The van der Waals surface area contributed by atoms with Gasteiger partial charge in [0.05, 0.1) is 29.8 Å². The first kappa shape index (κ1) is 27.6. The standard InChI is InChI=1S/C25H26ClFN2O5S2/c1-33-23-11-9-20(15-24(23)34-2)36(31,32)29(19-8-10-22(27)21(26)14-19)16-25(30)28-12-13-35-17-18-6-4-3-5-7-18/h3-11,14-15H,12-13,16-17H2,1-2H3,(H,28,30). The van der Waals surface area contributed by atoms with E-state index in [2.05, 4.69) is 5.32 Å². The summed E-state index contributed by atoms with van der Waals surface area (Å²) in [6.07, 6.45) is 0. The maximum absolute atomic E-state index is 13.8. The minimum atomic E-state index is -4.26. The Morgan fingerprint density at radius 1 is 1.03 bits per heavy atom. The number of anilines is 1. The molecule has 0 saturated carbocycles. The number of rotatable bonds is 12. The number of amides is 1. The van der Waals surface area contributed by atoms with Crippen LogP contribution in [0.5, 0.6) is 11.5 Å². The van der Waals surface area contributed by atoms with Crippen molar-refractivity contribution in [2.24, 2.45) is 0 Å². The molecule has 3 aromatic carbocycles. The molecule has 0 fully saturated rings. The second-order valence-electron chi connectivity index (χ2n) is 7.52. The number of hydrogen-bond acceptors (Lipinski definition) is 6. The van der Waals surface area contributed by atoms with Gasteiger partial charge in [-0.3, -0.25) is 9.10 Å². The van der Waals surface area contributed by atoms with Crippen molar-refractivity contribution in [2.45, 2.75) is 10.6 Å². The first-order valence-electron chi connectivity index (χ1n) is 10.8. The highest BCUT2D eigenvalue weighted by molar-refractivity contribution is 7.98. The van der Waals surface area contributed by atoms with Crippen LogP contribution in [0.4, 0.5) is 10.1 Å². The van der Waals surface area contributed by atoms with Gasteiger partial charge in [-0.2, -0.15) is 11.8 Å². The topological polar surface area (TPSA) is 84.9 Å². The molecular weight excluding hydrogens is 527 g/mol. The van der Waals surface area contributed by atoms with Gasteiger partial charge >= 0.3 is 0 Å². The van der Waals surface area contributed by atoms with E-state index in [9.17, 15) is 17.6 Å². The van der Waals surface area contributed by atoms with Crippen LogP contribution in [-0.2, 0) is 20.6 Å². The van der Waals surface area contributed by atoms with Crippen LogP contribution in [0.1, 0.15) is 5.56 Å². The van der Waals surface area contributed by atoms with Crippen molar-refractivity contribution in [3.8, 4) is 11.5 Å². The van der Waals surface area contributed by atoms with Gasteiger partial charge < -0.3 is 14.8 Å². The van der Waals surface area contributed by atoms with Gasteiger partial charge in [0.25, 0.3) is 10.0 Å². The van der Waals surface area contributed by atoms with Crippen LogP contribution >= 0.6 is 23.4 Å². The molecule has 3 rings (SSSR count). The van der Waals surface area contributed by atoms with Crippen molar-refractivity contribution < 1.29 is 27.1 Å². The van der Waals surface area contributed by atoms with E-state index in [1.165, 1.54) is 44.0 Å². The highest BCUT2D eigenvalue weighted by Crippen LogP contribution is 2.33. The summed E-state index contributed by atoms with van der Waals surface area (Å²) in [4.78, 5) is 12.6. The minimum absolute atomic E-state index is 0.0461. The zero-order chi connectivity index (χ0) is 26.1. The van der Waals surface area contributed by atoms with Crippen LogP contribution in [-0.4, -0.2) is 47.4 Å². The monoisotopic (exact) mass is 552 g/mol. The fraction of sp³-hybridized carbons (Fsp3) is 0.240. The molecule has 0 unspecified atom stereocenters. The fourth-order valence-electron chi connectivity index (χ4n) is 3.27. The Balaban J connectivity index is 1.76. The van der Waals surface area contributed by atoms with Gasteiger partial charge in [-0.1, -0.05) is 41.9 Å². The Morgan fingerprint density at radius 3 is 2.42 bits per heavy atom. The predicted molar refractivity (Wildman–Crippen MR) is 141 cm³/mol. The third-order valence-electron chi connectivity index (χ3n) is 5.10. The molecule has 1 amide bonds. The molecule has 11 heteroatoms. The largest absolute Gasteiger partial charge is 0.493 e.